The second-order valence-electron chi connectivity index (χ2n) is 8.57. The van der Waals surface area contributed by atoms with E-state index in [0.717, 1.165) is 5.56 Å². The molecule has 3 N–H and O–H groups in total. The van der Waals surface area contributed by atoms with Crippen molar-refractivity contribution >= 4 is 42.6 Å². The molecular formula is C25H28N6O4S2. The van der Waals surface area contributed by atoms with Crippen LogP contribution in [0.2, 0.25) is 0 Å². The monoisotopic (exact) mass is 540 g/mol. The first-order chi connectivity index (χ1) is 17.6. The molecule has 0 bridgehead atoms. The quantitative estimate of drug-likeness (QED) is 0.413. The number of benzene rings is 1. The van der Waals surface area contributed by atoms with Gasteiger partial charge in [0.05, 0.1) is 39.3 Å². The summed E-state index contributed by atoms with van der Waals surface area (Å²) in [6, 6.07) is 7.25. The summed E-state index contributed by atoms with van der Waals surface area (Å²) in [4.78, 5) is 15.5. The number of piperidine rings is 1. The van der Waals surface area contributed by atoms with Crippen LogP contribution in [-0.4, -0.2) is 50.1 Å². The van der Waals surface area contributed by atoms with Crippen LogP contribution >= 0.6 is 0 Å². The van der Waals surface area contributed by atoms with E-state index in [1.165, 1.54) is 18.3 Å². The molecular weight excluding hydrogens is 512 g/mol. The van der Waals surface area contributed by atoms with Crippen molar-refractivity contribution in [2.75, 3.05) is 22.7 Å². The van der Waals surface area contributed by atoms with Gasteiger partial charge in [0.2, 0.25) is 10.0 Å². The van der Waals surface area contributed by atoms with Crippen LogP contribution in [0.4, 0.5) is 11.5 Å². The molecule has 0 unspecified atom stereocenters. The Morgan fingerprint density at radius 2 is 1.84 bits per heavy atom. The van der Waals surface area contributed by atoms with Gasteiger partial charge in [-0.15, -0.1) is 0 Å². The fourth-order valence-corrected chi connectivity index (χ4v) is 5.96. The number of nitrogens with one attached hydrogen (secondary N) is 1. The summed E-state index contributed by atoms with van der Waals surface area (Å²) in [6.45, 7) is 6.41. The Bertz CT molecular complexity index is 1590. The number of nitrogens with two attached hydrogens (primary N) is 1. The van der Waals surface area contributed by atoms with Gasteiger partial charge in [-0.05, 0) is 55.7 Å². The molecule has 0 saturated carbocycles. The smallest absolute Gasteiger partial charge is 0.261 e. The van der Waals surface area contributed by atoms with Crippen LogP contribution in [0.5, 0.6) is 0 Å². The van der Waals surface area contributed by atoms with Crippen molar-refractivity contribution in [2.24, 2.45) is 5.14 Å². The van der Waals surface area contributed by atoms with Crippen molar-refractivity contribution < 1.29 is 16.8 Å². The summed E-state index contributed by atoms with van der Waals surface area (Å²) in [7, 11) is -7.38. The first-order valence-electron chi connectivity index (χ1n) is 11.6. The van der Waals surface area contributed by atoms with Gasteiger partial charge in [-0.2, -0.15) is 0 Å². The second kappa shape index (κ2) is 10.8. The van der Waals surface area contributed by atoms with Crippen molar-refractivity contribution in [3.63, 3.8) is 0 Å². The van der Waals surface area contributed by atoms with Gasteiger partial charge in [0.1, 0.15) is 5.82 Å². The summed E-state index contributed by atoms with van der Waals surface area (Å²) >= 11 is 0. The summed E-state index contributed by atoms with van der Waals surface area (Å²) in [5.41, 5.74) is 3.14. The summed E-state index contributed by atoms with van der Waals surface area (Å²) < 4.78 is 51.3. The number of hydrogen-bond donors (Lipinski definition) is 2. The Hall–Kier alpha value is -3.61. The first-order valence-corrected chi connectivity index (χ1v) is 14.7. The molecule has 194 valence electrons. The van der Waals surface area contributed by atoms with Gasteiger partial charge in [-0.1, -0.05) is 24.8 Å². The van der Waals surface area contributed by atoms with Crippen LogP contribution in [0.15, 0.2) is 78.6 Å². The van der Waals surface area contributed by atoms with Gasteiger partial charge >= 0.3 is 0 Å². The number of allylic oxidation sites excluding steroid dienone is 4. The molecule has 0 aliphatic carbocycles. The average Bonchev–Trinajstić information content (AvgIpc) is 2.88. The molecule has 0 atom stereocenters. The highest BCUT2D eigenvalue weighted by Crippen LogP contribution is 2.27. The minimum absolute atomic E-state index is 0.0395. The summed E-state index contributed by atoms with van der Waals surface area (Å²) in [6.07, 6.45) is 11.7. The third kappa shape index (κ3) is 6.21. The van der Waals surface area contributed by atoms with Crippen molar-refractivity contribution in [3.8, 4) is 11.1 Å². The number of fused-ring (bicyclic) bond motifs is 1. The molecule has 1 aliphatic rings. The number of nitrogens with zero attached hydrogens (tertiary/aromatic N) is 4. The van der Waals surface area contributed by atoms with E-state index in [0.29, 0.717) is 54.0 Å². The van der Waals surface area contributed by atoms with Crippen molar-refractivity contribution in [1.29, 1.82) is 0 Å². The highest BCUT2D eigenvalue weighted by atomic mass is 32.2. The number of rotatable bonds is 8. The molecule has 2 aromatic heterocycles. The number of hydrogen-bond acceptors (Lipinski definition) is 8. The lowest BCUT2D eigenvalue weighted by Crippen LogP contribution is -2.42. The zero-order valence-electron chi connectivity index (χ0n) is 20.3. The van der Waals surface area contributed by atoms with E-state index in [-0.39, 0.29) is 4.91 Å². The van der Waals surface area contributed by atoms with Crippen LogP contribution in [-0.2, 0) is 20.0 Å². The Labute approximate surface area is 216 Å². The number of anilines is 2. The van der Waals surface area contributed by atoms with Gasteiger partial charge in [0, 0.05) is 24.8 Å². The van der Waals surface area contributed by atoms with Gasteiger partial charge in [-0.3, -0.25) is 14.7 Å². The maximum Gasteiger partial charge on any atom is 0.261 e. The molecule has 1 aliphatic heterocycles. The molecule has 1 fully saturated rings. The topological polar surface area (TPSA) is 148 Å². The zero-order chi connectivity index (χ0) is 26.6. The Balaban J connectivity index is 1.58. The molecule has 3 aromatic rings. The van der Waals surface area contributed by atoms with Crippen molar-refractivity contribution in [2.45, 2.75) is 25.0 Å². The normalized spacial score (nSPS) is 15.8. The standard InChI is InChI=1S/C25H28N6O4S2/c1-3-5-6-21(4-2)37(34,35)30-20-13-19(15-27-16-20)18-7-8-23-24(14-18)29-25(17-28-23)31-11-9-22(10-12-31)36(26,32)33/h3-8,13-17,22,30H,2,9-12H2,1H3,(H2,26,32,33). The zero-order valence-corrected chi connectivity index (χ0v) is 21.9. The number of sulfonamides is 2. The predicted octanol–water partition coefficient (Wildman–Crippen LogP) is 3.34. The largest absolute Gasteiger partial charge is 0.355 e. The lowest BCUT2D eigenvalue weighted by atomic mass is 10.1. The van der Waals surface area contributed by atoms with E-state index in [9.17, 15) is 16.8 Å². The second-order valence-corrected chi connectivity index (χ2v) is 12.1. The lowest BCUT2D eigenvalue weighted by Gasteiger charge is -2.31. The molecule has 10 nitrogen and oxygen atoms in total. The Morgan fingerprint density at radius 3 is 2.51 bits per heavy atom. The fraction of sp³-hybridized carbons (Fsp3) is 0.240. The fourth-order valence-electron chi connectivity index (χ4n) is 4.07. The number of primary sulfonamides is 1. The molecule has 1 aromatic carbocycles. The minimum atomic E-state index is -3.83. The highest BCUT2D eigenvalue weighted by Gasteiger charge is 2.28. The number of pyridine rings is 1. The van der Waals surface area contributed by atoms with E-state index >= 15 is 0 Å². The Kier molecular flexibility index (Phi) is 7.71. The molecule has 1 saturated heterocycles. The van der Waals surface area contributed by atoms with Crippen molar-refractivity contribution in [1.82, 2.24) is 15.0 Å². The van der Waals surface area contributed by atoms with Crippen LogP contribution in [0.3, 0.4) is 0 Å². The first kappa shape index (κ1) is 26.5. The molecule has 37 heavy (non-hydrogen) atoms. The Morgan fingerprint density at radius 1 is 1.08 bits per heavy atom. The maximum absolute atomic E-state index is 12.7. The summed E-state index contributed by atoms with van der Waals surface area (Å²) in [5, 5.41) is 4.76. The maximum atomic E-state index is 12.7. The van der Waals surface area contributed by atoms with Crippen molar-refractivity contribution in [3.05, 3.63) is 78.6 Å². The van der Waals surface area contributed by atoms with Gasteiger partial charge in [0.15, 0.2) is 0 Å². The van der Waals surface area contributed by atoms with E-state index < -0.39 is 25.3 Å². The van der Waals surface area contributed by atoms with Crippen LogP contribution < -0.4 is 14.8 Å². The van der Waals surface area contributed by atoms with Crippen LogP contribution in [0, 0.1) is 0 Å². The SMILES string of the molecule is C=CC(=CC=CC)S(=O)(=O)Nc1cncc(-c2ccc3ncc(N4CCC(S(N)(=O)=O)CC4)nc3c2)c1. The highest BCUT2D eigenvalue weighted by molar-refractivity contribution is 7.96. The third-order valence-corrected chi connectivity index (χ3v) is 8.88. The minimum Gasteiger partial charge on any atom is -0.355 e. The predicted molar refractivity (Wildman–Crippen MR) is 147 cm³/mol. The van der Waals surface area contributed by atoms with E-state index in [2.05, 4.69) is 21.3 Å². The molecule has 0 radical (unpaired) electrons. The molecule has 0 amide bonds. The molecule has 3 heterocycles. The average molecular weight is 541 g/mol. The summed E-state index contributed by atoms with van der Waals surface area (Å²) in [5.74, 6) is 0.655. The van der Waals surface area contributed by atoms with Gasteiger partial charge in [-0.25, -0.2) is 27.0 Å². The van der Waals surface area contributed by atoms with Gasteiger partial charge < -0.3 is 4.90 Å². The van der Waals surface area contributed by atoms with E-state index in [1.807, 2.05) is 23.1 Å². The lowest BCUT2D eigenvalue weighted by molar-refractivity contribution is 0.529. The van der Waals surface area contributed by atoms with Crippen LogP contribution in [0.25, 0.3) is 22.2 Å². The third-order valence-electron chi connectivity index (χ3n) is 6.05. The van der Waals surface area contributed by atoms with E-state index in [4.69, 9.17) is 10.1 Å². The van der Waals surface area contributed by atoms with E-state index in [1.54, 1.807) is 37.5 Å². The molecule has 4 rings (SSSR count). The molecule has 0 spiro atoms. The van der Waals surface area contributed by atoms with Gasteiger partial charge in [0.25, 0.3) is 10.0 Å². The molecule has 12 heteroatoms. The van der Waals surface area contributed by atoms with Crippen LogP contribution in [0.1, 0.15) is 19.8 Å². The number of aromatic nitrogens is 3.